The number of benzene rings is 1. The predicted molar refractivity (Wildman–Crippen MR) is 80.4 cm³/mol. The number of piperidine rings is 1. The Hall–Kier alpha value is -1.95. The van der Waals surface area contributed by atoms with Gasteiger partial charge in [0.1, 0.15) is 5.56 Å². The van der Waals surface area contributed by atoms with E-state index in [0.29, 0.717) is 12.5 Å². The predicted octanol–water partition coefficient (Wildman–Crippen LogP) is 1.97. The fourth-order valence-electron chi connectivity index (χ4n) is 2.72. The summed E-state index contributed by atoms with van der Waals surface area (Å²) in [5.74, 6) is 0.188. The summed E-state index contributed by atoms with van der Waals surface area (Å²) in [5.41, 5.74) is 0.901. The molecule has 6 heteroatoms. The number of nitro groups is 1. The van der Waals surface area contributed by atoms with Crippen LogP contribution in [0.3, 0.4) is 0 Å². The molecule has 1 aromatic rings. The highest BCUT2D eigenvalue weighted by Crippen LogP contribution is 2.22. The van der Waals surface area contributed by atoms with Crippen LogP contribution in [0.15, 0.2) is 18.2 Å². The molecule has 114 valence electrons. The van der Waals surface area contributed by atoms with Crippen molar-refractivity contribution in [3.8, 4) is 0 Å². The largest absolute Gasteiger partial charge is 0.341 e. The standard InChI is InChI=1S/C15H21N3O3/c1-11-3-4-14(18(20)21)13(9-11)15(19)17(2)10-12-5-7-16-8-6-12/h3-4,9,12,16H,5-8,10H2,1-2H3. The van der Waals surface area contributed by atoms with Crippen molar-refractivity contribution in [3.63, 3.8) is 0 Å². The summed E-state index contributed by atoms with van der Waals surface area (Å²) in [6, 6.07) is 4.65. The lowest BCUT2D eigenvalue weighted by atomic mass is 9.97. The number of nitrogens with one attached hydrogen (secondary N) is 1. The van der Waals surface area contributed by atoms with Gasteiger partial charge < -0.3 is 10.2 Å². The smallest absolute Gasteiger partial charge is 0.282 e. The molecular weight excluding hydrogens is 270 g/mol. The Balaban J connectivity index is 2.14. The molecule has 0 unspecified atom stereocenters. The average molecular weight is 291 g/mol. The van der Waals surface area contributed by atoms with E-state index in [4.69, 9.17) is 0 Å². The first-order valence-electron chi connectivity index (χ1n) is 7.20. The van der Waals surface area contributed by atoms with Crippen LogP contribution in [-0.2, 0) is 0 Å². The van der Waals surface area contributed by atoms with Crippen molar-refractivity contribution in [2.24, 2.45) is 5.92 Å². The number of carbonyl (C=O) groups excluding carboxylic acids is 1. The fourth-order valence-corrected chi connectivity index (χ4v) is 2.72. The zero-order valence-corrected chi connectivity index (χ0v) is 12.5. The average Bonchev–Trinajstić information content (AvgIpc) is 2.47. The summed E-state index contributed by atoms with van der Waals surface area (Å²) in [6.45, 7) is 4.41. The van der Waals surface area contributed by atoms with Crippen molar-refractivity contribution in [2.45, 2.75) is 19.8 Å². The second-order valence-corrected chi connectivity index (χ2v) is 5.66. The maximum atomic E-state index is 12.5. The fraction of sp³-hybridized carbons (Fsp3) is 0.533. The third kappa shape index (κ3) is 3.78. The molecule has 6 nitrogen and oxygen atoms in total. The number of carbonyl (C=O) groups is 1. The number of nitro benzene ring substituents is 1. The van der Waals surface area contributed by atoms with Crippen LogP contribution in [0.1, 0.15) is 28.8 Å². The maximum absolute atomic E-state index is 12.5. The Bertz CT molecular complexity index is 539. The second-order valence-electron chi connectivity index (χ2n) is 5.66. The van der Waals surface area contributed by atoms with Crippen LogP contribution in [0, 0.1) is 23.0 Å². The lowest BCUT2D eigenvalue weighted by molar-refractivity contribution is -0.385. The quantitative estimate of drug-likeness (QED) is 0.680. The molecule has 1 fully saturated rings. The molecule has 0 saturated carbocycles. The summed E-state index contributed by atoms with van der Waals surface area (Å²) in [6.07, 6.45) is 2.07. The van der Waals surface area contributed by atoms with Crippen LogP contribution in [0.25, 0.3) is 0 Å². The molecule has 2 rings (SSSR count). The van der Waals surface area contributed by atoms with Gasteiger partial charge in [0.15, 0.2) is 0 Å². The zero-order valence-electron chi connectivity index (χ0n) is 12.5. The number of hydrogen-bond acceptors (Lipinski definition) is 4. The van der Waals surface area contributed by atoms with Gasteiger partial charge in [-0.05, 0) is 50.4 Å². The van der Waals surface area contributed by atoms with Crippen molar-refractivity contribution < 1.29 is 9.72 Å². The van der Waals surface area contributed by atoms with Gasteiger partial charge in [-0.2, -0.15) is 0 Å². The van der Waals surface area contributed by atoms with Crippen LogP contribution < -0.4 is 5.32 Å². The van der Waals surface area contributed by atoms with Crippen LogP contribution >= 0.6 is 0 Å². The van der Waals surface area contributed by atoms with E-state index in [1.54, 1.807) is 24.1 Å². The highest BCUT2D eigenvalue weighted by atomic mass is 16.6. The van der Waals surface area contributed by atoms with Crippen molar-refractivity contribution in [3.05, 3.63) is 39.4 Å². The van der Waals surface area contributed by atoms with E-state index in [-0.39, 0.29) is 17.2 Å². The highest BCUT2D eigenvalue weighted by molar-refractivity contribution is 5.98. The maximum Gasteiger partial charge on any atom is 0.282 e. The second kappa shape index (κ2) is 6.67. The first kappa shape index (κ1) is 15.4. The molecule has 21 heavy (non-hydrogen) atoms. The number of nitrogens with zero attached hydrogens (tertiary/aromatic N) is 2. The zero-order chi connectivity index (χ0) is 15.4. The first-order valence-corrected chi connectivity index (χ1v) is 7.20. The minimum atomic E-state index is -0.495. The van der Waals surface area contributed by atoms with E-state index >= 15 is 0 Å². The molecule has 1 heterocycles. The molecule has 0 radical (unpaired) electrons. The first-order chi connectivity index (χ1) is 9.99. The molecule has 1 saturated heterocycles. The normalized spacial score (nSPS) is 15.7. The van der Waals surface area contributed by atoms with Gasteiger partial charge in [0.2, 0.25) is 0 Å². The minimum absolute atomic E-state index is 0.122. The van der Waals surface area contributed by atoms with Crippen molar-refractivity contribution in [1.29, 1.82) is 0 Å². The van der Waals surface area contributed by atoms with Crippen molar-refractivity contribution in [1.82, 2.24) is 10.2 Å². The number of aryl methyl sites for hydroxylation is 1. The topological polar surface area (TPSA) is 75.5 Å². The van der Waals surface area contributed by atoms with Gasteiger partial charge in [-0.15, -0.1) is 0 Å². The minimum Gasteiger partial charge on any atom is -0.341 e. The van der Waals surface area contributed by atoms with E-state index in [1.807, 2.05) is 6.92 Å². The molecule has 0 aliphatic carbocycles. The number of rotatable bonds is 4. The molecule has 1 N–H and O–H groups in total. The van der Waals surface area contributed by atoms with E-state index in [2.05, 4.69) is 5.32 Å². The van der Waals surface area contributed by atoms with Gasteiger partial charge >= 0.3 is 0 Å². The van der Waals surface area contributed by atoms with Crippen LogP contribution in [-0.4, -0.2) is 42.4 Å². The van der Waals surface area contributed by atoms with Crippen LogP contribution in [0.5, 0.6) is 0 Å². The van der Waals surface area contributed by atoms with Gasteiger partial charge in [-0.25, -0.2) is 0 Å². The molecule has 0 aromatic heterocycles. The lowest BCUT2D eigenvalue weighted by Gasteiger charge is -2.27. The molecule has 0 spiro atoms. The molecule has 1 aliphatic heterocycles. The number of hydrogen-bond donors (Lipinski definition) is 1. The lowest BCUT2D eigenvalue weighted by Crippen LogP contribution is -2.37. The highest BCUT2D eigenvalue weighted by Gasteiger charge is 2.25. The third-order valence-corrected chi connectivity index (χ3v) is 3.92. The summed E-state index contributed by atoms with van der Waals surface area (Å²) >= 11 is 0. The molecular formula is C15H21N3O3. The summed E-state index contributed by atoms with van der Waals surface area (Å²) < 4.78 is 0. The van der Waals surface area contributed by atoms with Gasteiger partial charge in [-0.1, -0.05) is 6.07 Å². The molecule has 1 aromatic carbocycles. The van der Waals surface area contributed by atoms with E-state index in [0.717, 1.165) is 31.5 Å². The van der Waals surface area contributed by atoms with Gasteiger partial charge in [-0.3, -0.25) is 14.9 Å². The van der Waals surface area contributed by atoms with Crippen molar-refractivity contribution >= 4 is 11.6 Å². The van der Waals surface area contributed by atoms with E-state index < -0.39 is 4.92 Å². The van der Waals surface area contributed by atoms with Crippen LogP contribution in [0.2, 0.25) is 0 Å². The van der Waals surface area contributed by atoms with Gasteiger partial charge in [0, 0.05) is 19.7 Å². The Morgan fingerprint density at radius 1 is 1.43 bits per heavy atom. The SMILES string of the molecule is Cc1ccc([N+](=O)[O-])c(C(=O)N(C)CC2CCNCC2)c1. The third-order valence-electron chi connectivity index (χ3n) is 3.92. The molecule has 1 amide bonds. The monoisotopic (exact) mass is 291 g/mol. The Kier molecular flexibility index (Phi) is 4.90. The van der Waals surface area contributed by atoms with E-state index in [1.165, 1.54) is 6.07 Å². The molecule has 0 bridgehead atoms. The van der Waals surface area contributed by atoms with Crippen molar-refractivity contribution in [2.75, 3.05) is 26.7 Å². The Morgan fingerprint density at radius 3 is 2.71 bits per heavy atom. The molecule has 1 aliphatic rings. The summed E-state index contributed by atoms with van der Waals surface area (Å²) in [7, 11) is 1.72. The Labute approximate surface area is 124 Å². The van der Waals surface area contributed by atoms with E-state index in [9.17, 15) is 14.9 Å². The summed E-state index contributed by atoms with van der Waals surface area (Å²) in [4.78, 5) is 24.7. The number of amides is 1. The van der Waals surface area contributed by atoms with Gasteiger partial charge in [0.25, 0.3) is 11.6 Å². The Morgan fingerprint density at radius 2 is 2.10 bits per heavy atom. The molecule has 0 atom stereocenters. The summed E-state index contributed by atoms with van der Waals surface area (Å²) in [5, 5.41) is 14.4. The van der Waals surface area contributed by atoms with Gasteiger partial charge in [0.05, 0.1) is 4.92 Å². The van der Waals surface area contributed by atoms with Crippen LogP contribution in [0.4, 0.5) is 5.69 Å².